The molecule has 0 aromatic carbocycles. The molecule has 0 spiro atoms. The predicted molar refractivity (Wildman–Crippen MR) is 64.2 cm³/mol. The van der Waals surface area contributed by atoms with Gasteiger partial charge in [0.2, 0.25) is 0 Å². The van der Waals surface area contributed by atoms with Crippen LogP contribution in [0.2, 0.25) is 0 Å². The molecule has 0 bridgehead atoms. The molecular weight excluding hydrogens is 260 g/mol. The summed E-state index contributed by atoms with van der Waals surface area (Å²) in [7, 11) is 0. The van der Waals surface area contributed by atoms with Crippen molar-refractivity contribution in [2.75, 3.05) is 25.0 Å². The Morgan fingerprint density at radius 3 is 3.00 bits per heavy atom. The zero-order valence-corrected chi connectivity index (χ0v) is 10.2. The van der Waals surface area contributed by atoms with E-state index in [1.165, 1.54) is 6.33 Å². The summed E-state index contributed by atoms with van der Waals surface area (Å²) in [6, 6.07) is 0. The first-order chi connectivity index (χ1) is 7.25. The highest BCUT2D eigenvalue weighted by Crippen LogP contribution is 2.11. The summed E-state index contributed by atoms with van der Waals surface area (Å²) in [5.74, 6) is 0.581. The SMILES string of the molecule is CCCNCCNc1nc[nH]c(=O)c1Br. The summed E-state index contributed by atoms with van der Waals surface area (Å²) in [4.78, 5) is 17.7. The van der Waals surface area contributed by atoms with E-state index in [2.05, 4.69) is 43.5 Å². The molecular formula is C9H15BrN4O. The van der Waals surface area contributed by atoms with Gasteiger partial charge < -0.3 is 15.6 Å². The molecule has 0 aliphatic heterocycles. The highest BCUT2D eigenvalue weighted by Gasteiger charge is 2.03. The summed E-state index contributed by atoms with van der Waals surface area (Å²) in [6.45, 7) is 4.73. The van der Waals surface area contributed by atoms with Crippen LogP contribution in [0.15, 0.2) is 15.6 Å². The Hall–Kier alpha value is -0.880. The molecule has 15 heavy (non-hydrogen) atoms. The Morgan fingerprint density at radius 1 is 1.47 bits per heavy atom. The van der Waals surface area contributed by atoms with Crippen LogP contribution in [0.1, 0.15) is 13.3 Å². The molecule has 0 aliphatic rings. The average Bonchev–Trinajstić information content (AvgIpc) is 2.24. The number of nitrogens with zero attached hydrogens (tertiary/aromatic N) is 1. The maximum Gasteiger partial charge on any atom is 0.267 e. The van der Waals surface area contributed by atoms with Crippen molar-refractivity contribution in [3.8, 4) is 0 Å². The van der Waals surface area contributed by atoms with Crippen molar-refractivity contribution in [3.63, 3.8) is 0 Å². The molecule has 0 saturated carbocycles. The molecule has 3 N–H and O–H groups in total. The highest BCUT2D eigenvalue weighted by atomic mass is 79.9. The van der Waals surface area contributed by atoms with Crippen LogP contribution in [0.25, 0.3) is 0 Å². The van der Waals surface area contributed by atoms with Crippen LogP contribution in [-0.4, -0.2) is 29.6 Å². The Labute approximate surface area is 96.8 Å². The first-order valence-electron chi connectivity index (χ1n) is 4.93. The van der Waals surface area contributed by atoms with E-state index < -0.39 is 0 Å². The number of hydrogen-bond donors (Lipinski definition) is 3. The standard InChI is InChI=1S/C9H15BrN4O/c1-2-3-11-4-5-12-8-7(10)9(15)14-6-13-8/h6,11H,2-5H2,1H3,(H2,12,13,14,15). The molecule has 6 heteroatoms. The van der Waals surface area contributed by atoms with Crippen LogP contribution in [-0.2, 0) is 0 Å². The van der Waals surface area contributed by atoms with Crippen molar-refractivity contribution < 1.29 is 0 Å². The summed E-state index contributed by atoms with van der Waals surface area (Å²) >= 11 is 3.17. The van der Waals surface area contributed by atoms with E-state index in [4.69, 9.17) is 0 Å². The number of hydrogen-bond acceptors (Lipinski definition) is 4. The molecule has 0 unspecified atom stereocenters. The molecule has 0 fully saturated rings. The average molecular weight is 275 g/mol. The lowest BCUT2D eigenvalue weighted by Crippen LogP contribution is -2.24. The quantitative estimate of drug-likeness (QED) is 0.676. The highest BCUT2D eigenvalue weighted by molar-refractivity contribution is 9.10. The van der Waals surface area contributed by atoms with E-state index in [9.17, 15) is 4.79 Å². The van der Waals surface area contributed by atoms with Gasteiger partial charge in [-0.05, 0) is 28.9 Å². The molecule has 0 atom stereocenters. The molecule has 0 radical (unpaired) electrons. The van der Waals surface area contributed by atoms with Crippen LogP contribution in [0, 0.1) is 0 Å². The van der Waals surface area contributed by atoms with Gasteiger partial charge in [0.1, 0.15) is 10.3 Å². The maximum atomic E-state index is 11.2. The number of anilines is 1. The molecule has 0 aliphatic carbocycles. The minimum Gasteiger partial charge on any atom is -0.368 e. The Morgan fingerprint density at radius 2 is 2.27 bits per heavy atom. The van der Waals surface area contributed by atoms with Gasteiger partial charge in [-0.3, -0.25) is 4.79 Å². The second-order valence-electron chi connectivity index (χ2n) is 3.07. The molecule has 84 valence electrons. The number of nitrogens with one attached hydrogen (secondary N) is 3. The molecule has 5 nitrogen and oxygen atoms in total. The van der Waals surface area contributed by atoms with Gasteiger partial charge in [-0.25, -0.2) is 4.98 Å². The topological polar surface area (TPSA) is 69.8 Å². The molecule has 1 aromatic heterocycles. The number of aromatic amines is 1. The molecule has 0 amide bonds. The fraction of sp³-hybridized carbons (Fsp3) is 0.556. The first-order valence-corrected chi connectivity index (χ1v) is 5.72. The second kappa shape index (κ2) is 6.58. The third-order valence-electron chi connectivity index (χ3n) is 1.82. The molecule has 1 heterocycles. The van der Waals surface area contributed by atoms with E-state index in [0.717, 1.165) is 26.1 Å². The third kappa shape index (κ3) is 4.01. The first kappa shape index (κ1) is 12.2. The van der Waals surface area contributed by atoms with Gasteiger partial charge in [0.25, 0.3) is 5.56 Å². The van der Waals surface area contributed by atoms with Crippen LogP contribution < -0.4 is 16.2 Å². The Bertz CT molecular complexity index is 352. The number of rotatable bonds is 6. The van der Waals surface area contributed by atoms with Crippen molar-refractivity contribution in [3.05, 3.63) is 21.2 Å². The number of halogens is 1. The Balaban J connectivity index is 2.38. The van der Waals surface area contributed by atoms with Crippen molar-refractivity contribution in [1.82, 2.24) is 15.3 Å². The lowest BCUT2D eigenvalue weighted by Gasteiger charge is -2.06. The molecule has 0 saturated heterocycles. The van der Waals surface area contributed by atoms with Crippen LogP contribution in [0.5, 0.6) is 0 Å². The van der Waals surface area contributed by atoms with Crippen molar-refractivity contribution in [2.45, 2.75) is 13.3 Å². The van der Waals surface area contributed by atoms with Gasteiger partial charge in [0.05, 0.1) is 6.33 Å². The van der Waals surface area contributed by atoms with E-state index in [1.807, 2.05) is 0 Å². The Kier molecular flexibility index (Phi) is 5.34. The second-order valence-corrected chi connectivity index (χ2v) is 3.86. The summed E-state index contributed by atoms with van der Waals surface area (Å²) < 4.78 is 0.445. The van der Waals surface area contributed by atoms with Crippen molar-refractivity contribution >= 4 is 21.7 Å². The van der Waals surface area contributed by atoms with Gasteiger partial charge in [-0.15, -0.1) is 0 Å². The van der Waals surface area contributed by atoms with Gasteiger partial charge in [-0.1, -0.05) is 6.92 Å². The summed E-state index contributed by atoms with van der Waals surface area (Å²) in [5.41, 5.74) is -0.172. The fourth-order valence-corrected chi connectivity index (χ4v) is 1.43. The lowest BCUT2D eigenvalue weighted by atomic mass is 10.4. The third-order valence-corrected chi connectivity index (χ3v) is 2.55. The van der Waals surface area contributed by atoms with Gasteiger partial charge in [-0.2, -0.15) is 0 Å². The largest absolute Gasteiger partial charge is 0.368 e. The molecule has 1 rings (SSSR count). The van der Waals surface area contributed by atoms with Gasteiger partial charge >= 0.3 is 0 Å². The van der Waals surface area contributed by atoms with E-state index in [1.54, 1.807) is 0 Å². The van der Waals surface area contributed by atoms with E-state index >= 15 is 0 Å². The zero-order chi connectivity index (χ0) is 11.1. The summed E-state index contributed by atoms with van der Waals surface area (Å²) in [5, 5.41) is 6.32. The molecule has 1 aromatic rings. The van der Waals surface area contributed by atoms with Crippen LogP contribution in [0.3, 0.4) is 0 Å². The van der Waals surface area contributed by atoms with Crippen LogP contribution >= 0.6 is 15.9 Å². The minimum atomic E-state index is -0.172. The van der Waals surface area contributed by atoms with Crippen molar-refractivity contribution in [1.29, 1.82) is 0 Å². The normalized spacial score (nSPS) is 10.3. The lowest BCUT2D eigenvalue weighted by molar-refractivity contribution is 0.687. The van der Waals surface area contributed by atoms with Crippen molar-refractivity contribution in [2.24, 2.45) is 0 Å². The van der Waals surface area contributed by atoms with Gasteiger partial charge in [0, 0.05) is 13.1 Å². The fourth-order valence-electron chi connectivity index (χ4n) is 1.08. The smallest absolute Gasteiger partial charge is 0.267 e. The summed E-state index contributed by atoms with van der Waals surface area (Å²) in [6.07, 6.45) is 2.50. The van der Waals surface area contributed by atoms with E-state index in [0.29, 0.717) is 10.3 Å². The zero-order valence-electron chi connectivity index (χ0n) is 8.64. The monoisotopic (exact) mass is 274 g/mol. The predicted octanol–water partition coefficient (Wildman–Crippen LogP) is 0.944. The maximum absolute atomic E-state index is 11.2. The van der Waals surface area contributed by atoms with E-state index in [-0.39, 0.29) is 5.56 Å². The van der Waals surface area contributed by atoms with Crippen LogP contribution in [0.4, 0.5) is 5.82 Å². The minimum absolute atomic E-state index is 0.172. The number of aromatic nitrogens is 2. The van der Waals surface area contributed by atoms with Gasteiger partial charge in [0.15, 0.2) is 0 Å². The number of H-pyrrole nitrogens is 1.